The minimum absolute atomic E-state index is 0.359. The fraction of sp³-hybridized carbons (Fsp3) is 0.900. The van der Waals surface area contributed by atoms with Gasteiger partial charge >= 0.3 is 0 Å². The predicted molar refractivity (Wildman–Crippen MR) is 59.0 cm³/mol. The monoisotopic (exact) mass is 251 g/mol. The summed E-state index contributed by atoms with van der Waals surface area (Å²) >= 11 is 0. The summed E-state index contributed by atoms with van der Waals surface area (Å²) in [5.41, 5.74) is 0. The van der Waals surface area contributed by atoms with Gasteiger partial charge in [0.2, 0.25) is 0 Å². The van der Waals surface area contributed by atoms with Gasteiger partial charge in [-0.3, -0.25) is 4.79 Å². The third kappa shape index (κ3) is 5.42. The number of hydrogen-bond donors (Lipinski definition) is 6. The Morgan fingerprint density at radius 1 is 1.18 bits per heavy atom. The molecule has 7 heteroatoms. The van der Waals surface area contributed by atoms with E-state index in [2.05, 4.69) is 5.32 Å². The number of carbonyl (C=O) groups excluding carboxylic acids is 1. The van der Waals surface area contributed by atoms with Gasteiger partial charge in [-0.1, -0.05) is 13.3 Å². The van der Waals surface area contributed by atoms with Crippen LogP contribution < -0.4 is 5.32 Å². The van der Waals surface area contributed by atoms with Crippen LogP contribution in [0.1, 0.15) is 19.8 Å². The standard InChI is InChI=1S/C10H21NO6/c1-2-3-4-11-10(17)9(16)8(15)7(14)6(13)5-12/h6-9,12-16H,2-5H2,1H3,(H,11,17)/t6-,7+,8-,9-/m1/s1. The average molecular weight is 251 g/mol. The van der Waals surface area contributed by atoms with Crippen LogP contribution in [0.3, 0.4) is 0 Å². The lowest BCUT2D eigenvalue weighted by atomic mass is 10.0. The van der Waals surface area contributed by atoms with Gasteiger partial charge in [-0.2, -0.15) is 0 Å². The lowest BCUT2D eigenvalue weighted by Gasteiger charge is -2.24. The van der Waals surface area contributed by atoms with E-state index in [0.717, 1.165) is 12.8 Å². The molecule has 7 nitrogen and oxygen atoms in total. The summed E-state index contributed by atoms with van der Waals surface area (Å²) in [5.74, 6) is -0.824. The van der Waals surface area contributed by atoms with Crippen LogP contribution in [-0.4, -0.2) is 69.0 Å². The lowest BCUT2D eigenvalue weighted by molar-refractivity contribution is -0.148. The summed E-state index contributed by atoms with van der Waals surface area (Å²) in [6.45, 7) is 1.51. The van der Waals surface area contributed by atoms with Crippen LogP contribution in [0.5, 0.6) is 0 Å². The van der Waals surface area contributed by atoms with E-state index >= 15 is 0 Å². The molecule has 0 aliphatic carbocycles. The second kappa shape index (κ2) is 8.37. The zero-order chi connectivity index (χ0) is 13.4. The molecule has 1 amide bonds. The maximum atomic E-state index is 11.3. The SMILES string of the molecule is CCCCNC(=O)[C@H](O)[C@H](O)[C@@H](O)[C@H](O)CO. The number of rotatable bonds is 8. The van der Waals surface area contributed by atoms with Crippen molar-refractivity contribution in [1.29, 1.82) is 0 Å². The van der Waals surface area contributed by atoms with E-state index in [4.69, 9.17) is 10.2 Å². The molecule has 4 atom stereocenters. The third-order valence-electron chi connectivity index (χ3n) is 2.35. The van der Waals surface area contributed by atoms with Crippen molar-refractivity contribution in [1.82, 2.24) is 5.32 Å². The molecule has 0 radical (unpaired) electrons. The number of aliphatic hydroxyl groups is 5. The zero-order valence-corrected chi connectivity index (χ0v) is 9.78. The smallest absolute Gasteiger partial charge is 0.251 e. The molecule has 0 rings (SSSR count). The molecule has 0 bridgehead atoms. The van der Waals surface area contributed by atoms with Gasteiger partial charge in [0, 0.05) is 6.54 Å². The van der Waals surface area contributed by atoms with E-state index in [9.17, 15) is 20.1 Å². The largest absolute Gasteiger partial charge is 0.394 e. The fourth-order valence-corrected chi connectivity index (χ4v) is 1.17. The summed E-state index contributed by atoms with van der Waals surface area (Å²) in [5, 5.41) is 48.0. The molecule has 17 heavy (non-hydrogen) atoms. The van der Waals surface area contributed by atoms with Gasteiger partial charge in [-0.25, -0.2) is 0 Å². The van der Waals surface area contributed by atoms with E-state index < -0.39 is 36.9 Å². The predicted octanol–water partition coefficient (Wildman–Crippen LogP) is -2.66. The van der Waals surface area contributed by atoms with E-state index in [-0.39, 0.29) is 0 Å². The zero-order valence-electron chi connectivity index (χ0n) is 9.78. The van der Waals surface area contributed by atoms with E-state index in [1.807, 2.05) is 6.92 Å². The molecular weight excluding hydrogens is 230 g/mol. The molecule has 0 aromatic carbocycles. The highest BCUT2D eigenvalue weighted by molar-refractivity contribution is 5.81. The second-order valence-electron chi connectivity index (χ2n) is 3.82. The number of hydrogen-bond acceptors (Lipinski definition) is 6. The first-order chi connectivity index (χ1) is 7.95. The Labute approximate surface area is 99.7 Å². The number of aliphatic hydroxyl groups excluding tert-OH is 5. The van der Waals surface area contributed by atoms with Crippen LogP contribution >= 0.6 is 0 Å². The second-order valence-corrected chi connectivity index (χ2v) is 3.82. The van der Waals surface area contributed by atoms with Crippen molar-refractivity contribution in [2.45, 2.75) is 44.2 Å². The van der Waals surface area contributed by atoms with Crippen LogP contribution in [-0.2, 0) is 4.79 Å². The topological polar surface area (TPSA) is 130 Å². The number of carbonyl (C=O) groups is 1. The number of amides is 1. The summed E-state index contributed by atoms with van der Waals surface area (Å²) < 4.78 is 0. The maximum absolute atomic E-state index is 11.3. The Hall–Kier alpha value is -0.730. The highest BCUT2D eigenvalue weighted by Crippen LogP contribution is 2.05. The Kier molecular flexibility index (Phi) is 8.01. The van der Waals surface area contributed by atoms with Crippen molar-refractivity contribution >= 4 is 5.91 Å². The Morgan fingerprint density at radius 3 is 2.24 bits per heavy atom. The normalized spacial score (nSPS) is 18.2. The molecule has 102 valence electrons. The van der Waals surface area contributed by atoms with Crippen LogP contribution in [0.4, 0.5) is 0 Å². The van der Waals surface area contributed by atoms with Gasteiger partial charge in [0.05, 0.1) is 6.61 Å². The van der Waals surface area contributed by atoms with Gasteiger partial charge in [0.15, 0.2) is 6.10 Å². The van der Waals surface area contributed by atoms with E-state index in [1.54, 1.807) is 0 Å². The van der Waals surface area contributed by atoms with Crippen molar-refractivity contribution < 1.29 is 30.3 Å². The molecule has 0 heterocycles. The van der Waals surface area contributed by atoms with Gasteiger partial charge in [0.1, 0.15) is 18.3 Å². The molecule has 0 spiro atoms. The quantitative estimate of drug-likeness (QED) is 0.261. The first-order valence-electron chi connectivity index (χ1n) is 5.56. The summed E-state index contributed by atoms with van der Waals surface area (Å²) in [4.78, 5) is 11.3. The Bertz CT molecular complexity index is 225. The number of nitrogens with one attached hydrogen (secondary N) is 1. The summed E-state index contributed by atoms with van der Waals surface area (Å²) in [7, 11) is 0. The Morgan fingerprint density at radius 2 is 1.76 bits per heavy atom. The molecule has 0 aliphatic rings. The van der Waals surface area contributed by atoms with E-state index in [0.29, 0.717) is 6.54 Å². The highest BCUT2D eigenvalue weighted by Gasteiger charge is 2.33. The number of unbranched alkanes of at least 4 members (excludes halogenated alkanes) is 1. The molecule has 0 fully saturated rings. The van der Waals surface area contributed by atoms with Crippen molar-refractivity contribution in [2.24, 2.45) is 0 Å². The van der Waals surface area contributed by atoms with Crippen LogP contribution in [0.2, 0.25) is 0 Å². The molecule has 0 saturated carbocycles. The minimum atomic E-state index is -1.85. The average Bonchev–Trinajstić information content (AvgIpc) is 2.35. The van der Waals surface area contributed by atoms with Crippen LogP contribution in [0.25, 0.3) is 0 Å². The van der Waals surface area contributed by atoms with Crippen molar-refractivity contribution in [2.75, 3.05) is 13.2 Å². The van der Waals surface area contributed by atoms with Crippen molar-refractivity contribution in [3.8, 4) is 0 Å². The molecule has 0 aliphatic heterocycles. The Balaban J connectivity index is 4.18. The summed E-state index contributed by atoms with van der Waals surface area (Å²) in [6.07, 6.45) is -5.49. The fourth-order valence-electron chi connectivity index (χ4n) is 1.17. The van der Waals surface area contributed by atoms with Crippen LogP contribution in [0.15, 0.2) is 0 Å². The minimum Gasteiger partial charge on any atom is -0.394 e. The molecule has 0 saturated heterocycles. The highest BCUT2D eigenvalue weighted by atomic mass is 16.4. The van der Waals surface area contributed by atoms with Gasteiger partial charge in [0.25, 0.3) is 5.91 Å². The maximum Gasteiger partial charge on any atom is 0.251 e. The first-order valence-corrected chi connectivity index (χ1v) is 5.56. The molecular formula is C10H21NO6. The van der Waals surface area contributed by atoms with Gasteiger partial charge in [-0.15, -0.1) is 0 Å². The first kappa shape index (κ1) is 16.3. The third-order valence-corrected chi connectivity index (χ3v) is 2.35. The molecule has 0 aromatic heterocycles. The lowest BCUT2D eigenvalue weighted by Crippen LogP contribution is -2.51. The van der Waals surface area contributed by atoms with Crippen molar-refractivity contribution in [3.05, 3.63) is 0 Å². The van der Waals surface area contributed by atoms with E-state index in [1.165, 1.54) is 0 Å². The molecule has 0 aromatic rings. The van der Waals surface area contributed by atoms with Gasteiger partial charge < -0.3 is 30.8 Å². The van der Waals surface area contributed by atoms with Gasteiger partial charge in [-0.05, 0) is 6.42 Å². The van der Waals surface area contributed by atoms with Crippen LogP contribution in [0, 0.1) is 0 Å². The molecule has 0 unspecified atom stereocenters. The summed E-state index contributed by atoms with van der Waals surface area (Å²) in [6, 6.07) is 0. The van der Waals surface area contributed by atoms with Crippen molar-refractivity contribution in [3.63, 3.8) is 0 Å². The molecule has 6 N–H and O–H groups in total.